The maximum Gasteiger partial charge on any atom is 0.0500 e. The van der Waals surface area contributed by atoms with Crippen LogP contribution in [0.2, 0.25) is 0 Å². The average Bonchev–Trinajstić information content (AvgIpc) is 2.64. The molecule has 0 aromatic heterocycles. The maximum absolute atomic E-state index is 9.95. The molecule has 0 unspecified atom stereocenters. The van der Waals surface area contributed by atoms with Crippen LogP contribution in [0.25, 0.3) is 11.1 Å². The molecule has 0 aliphatic carbocycles. The van der Waals surface area contributed by atoms with Gasteiger partial charge in [0, 0.05) is 44.2 Å². The van der Waals surface area contributed by atoms with Crippen LogP contribution >= 0.6 is 12.4 Å². The van der Waals surface area contributed by atoms with Crippen LogP contribution < -0.4 is 5.32 Å². The fourth-order valence-electron chi connectivity index (χ4n) is 3.67. The molecule has 3 nitrogen and oxygen atoms in total. The van der Waals surface area contributed by atoms with Crippen LogP contribution in [0.4, 0.5) is 0 Å². The minimum Gasteiger partial charge on any atom is -0.396 e. The molecular formula is C21H29ClN2O. The number of aliphatic hydroxyl groups excluding tert-OH is 1. The van der Waals surface area contributed by atoms with Gasteiger partial charge in [-0.2, -0.15) is 0 Å². The first-order valence-corrected chi connectivity index (χ1v) is 8.83. The van der Waals surface area contributed by atoms with Gasteiger partial charge < -0.3 is 10.4 Å². The Morgan fingerprint density at radius 1 is 0.960 bits per heavy atom. The van der Waals surface area contributed by atoms with Crippen LogP contribution in [-0.4, -0.2) is 42.8 Å². The highest BCUT2D eigenvalue weighted by atomic mass is 35.5. The van der Waals surface area contributed by atoms with Gasteiger partial charge in [0.15, 0.2) is 0 Å². The second-order valence-corrected chi connectivity index (χ2v) is 7.32. The highest BCUT2D eigenvalue weighted by molar-refractivity contribution is 5.85. The summed E-state index contributed by atoms with van der Waals surface area (Å²) < 4.78 is 0. The van der Waals surface area contributed by atoms with Crippen LogP contribution in [-0.2, 0) is 0 Å². The Kier molecular flexibility index (Phi) is 7.03. The third-order valence-electron chi connectivity index (χ3n) is 5.00. The van der Waals surface area contributed by atoms with Crippen molar-refractivity contribution < 1.29 is 5.11 Å². The van der Waals surface area contributed by atoms with E-state index >= 15 is 0 Å². The van der Waals surface area contributed by atoms with Gasteiger partial charge in [-0.1, -0.05) is 68.4 Å². The molecule has 136 valence electrons. The molecule has 2 aromatic carbocycles. The Morgan fingerprint density at radius 3 is 2.08 bits per heavy atom. The van der Waals surface area contributed by atoms with Crippen molar-refractivity contribution in [3.63, 3.8) is 0 Å². The van der Waals surface area contributed by atoms with Crippen LogP contribution in [0.15, 0.2) is 54.6 Å². The summed E-state index contributed by atoms with van der Waals surface area (Å²) in [5.41, 5.74) is 3.59. The van der Waals surface area contributed by atoms with Crippen molar-refractivity contribution in [1.29, 1.82) is 0 Å². The smallest absolute Gasteiger partial charge is 0.0500 e. The molecule has 3 rings (SSSR count). The van der Waals surface area contributed by atoms with Crippen LogP contribution in [0.3, 0.4) is 0 Å². The number of piperazine rings is 1. The van der Waals surface area contributed by atoms with Crippen molar-refractivity contribution in [3.8, 4) is 11.1 Å². The van der Waals surface area contributed by atoms with Crippen molar-refractivity contribution in [3.05, 3.63) is 60.2 Å². The molecule has 0 radical (unpaired) electrons. The van der Waals surface area contributed by atoms with Gasteiger partial charge in [0.25, 0.3) is 0 Å². The summed E-state index contributed by atoms with van der Waals surface area (Å²) in [7, 11) is 0. The van der Waals surface area contributed by atoms with Gasteiger partial charge in [0.05, 0.1) is 0 Å². The van der Waals surface area contributed by atoms with E-state index in [2.05, 4.69) is 72.6 Å². The molecule has 0 spiro atoms. The molecule has 1 fully saturated rings. The molecule has 0 saturated carbocycles. The lowest BCUT2D eigenvalue weighted by Gasteiger charge is -2.43. The van der Waals surface area contributed by atoms with E-state index in [-0.39, 0.29) is 30.5 Å². The zero-order valence-corrected chi connectivity index (χ0v) is 15.9. The SMILES string of the molecule is CC(C)(CO)[C@@H](c1ccc(-c2ccccc2)cc1)N1CCNCC1.Cl. The van der Waals surface area contributed by atoms with E-state index in [1.165, 1.54) is 16.7 Å². The molecule has 1 atom stereocenters. The van der Waals surface area contributed by atoms with Crippen molar-refractivity contribution in [2.45, 2.75) is 19.9 Å². The topological polar surface area (TPSA) is 35.5 Å². The summed E-state index contributed by atoms with van der Waals surface area (Å²) >= 11 is 0. The van der Waals surface area contributed by atoms with E-state index in [0.29, 0.717) is 0 Å². The van der Waals surface area contributed by atoms with Crippen molar-refractivity contribution in [2.75, 3.05) is 32.8 Å². The van der Waals surface area contributed by atoms with E-state index in [0.717, 1.165) is 26.2 Å². The van der Waals surface area contributed by atoms with E-state index in [1.54, 1.807) is 0 Å². The lowest BCUT2D eigenvalue weighted by atomic mass is 9.79. The van der Waals surface area contributed by atoms with Gasteiger partial charge in [-0.05, 0) is 16.7 Å². The van der Waals surface area contributed by atoms with Gasteiger partial charge in [-0.25, -0.2) is 0 Å². The summed E-state index contributed by atoms with van der Waals surface area (Å²) in [6, 6.07) is 19.6. The number of hydrogen-bond donors (Lipinski definition) is 2. The largest absolute Gasteiger partial charge is 0.396 e. The zero-order chi connectivity index (χ0) is 17.0. The number of benzene rings is 2. The maximum atomic E-state index is 9.95. The van der Waals surface area contributed by atoms with Crippen molar-refractivity contribution >= 4 is 12.4 Å². The minimum absolute atomic E-state index is 0. The molecule has 0 amide bonds. The molecule has 25 heavy (non-hydrogen) atoms. The molecule has 1 aliphatic rings. The number of hydrogen-bond acceptors (Lipinski definition) is 3. The molecular weight excluding hydrogens is 332 g/mol. The summed E-state index contributed by atoms with van der Waals surface area (Å²) in [5.74, 6) is 0. The lowest BCUT2D eigenvalue weighted by molar-refractivity contribution is 0.0305. The third-order valence-corrected chi connectivity index (χ3v) is 5.00. The van der Waals surface area contributed by atoms with E-state index in [9.17, 15) is 5.11 Å². The Hall–Kier alpha value is -1.39. The Bertz CT molecular complexity index is 637. The monoisotopic (exact) mass is 360 g/mol. The fraction of sp³-hybridized carbons (Fsp3) is 0.429. The number of nitrogens with zero attached hydrogens (tertiary/aromatic N) is 1. The summed E-state index contributed by atoms with van der Waals surface area (Å²) in [4.78, 5) is 2.50. The first-order chi connectivity index (χ1) is 11.6. The normalized spacial score (nSPS) is 16.9. The predicted molar refractivity (Wildman–Crippen MR) is 107 cm³/mol. The standard InChI is InChI=1S/C21H28N2O.ClH/c1-21(2,16-24)20(23-14-12-22-13-15-23)19-10-8-18(9-11-19)17-6-4-3-5-7-17;/h3-11,20,22,24H,12-16H2,1-2H3;1H/t20-;/m1./s1. The fourth-order valence-corrected chi connectivity index (χ4v) is 3.67. The van der Waals surface area contributed by atoms with E-state index in [1.807, 2.05) is 6.07 Å². The summed E-state index contributed by atoms with van der Waals surface area (Å²) in [5, 5.41) is 13.4. The summed E-state index contributed by atoms with van der Waals surface area (Å²) in [6.07, 6.45) is 0. The first-order valence-electron chi connectivity index (χ1n) is 8.83. The van der Waals surface area contributed by atoms with Gasteiger partial charge in [0.2, 0.25) is 0 Å². The second-order valence-electron chi connectivity index (χ2n) is 7.32. The quantitative estimate of drug-likeness (QED) is 0.852. The Balaban J connectivity index is 0.00000225. The van der Waals surface area contributed by atoms with Gasteiger partial charge in [-0.15, -0.1) is 12.4 Å². The average molecular weight is 361 g/mol. The number of nitrogens with one attached hydrogen (secondary N) is 1. The lowest BCUT2D eigenvalue weighted by Crippen LogP contribution is -2.49. The van der Waals surface area contributed by atoms with Gasteiger partial charge in [-0.3, -0.25) is 4.90 Å². The second kappa shape index (κ2) is 8.81. The summed E-state index contributed by atoms with van der Waals surface area (Å²) in [6.45, 7) is 8.57. The van der Waals surface area contributed by atoms with E-state index in [4.69, 9.17) is 0 Å². The minimum atomic E-state index is -0.175. The molecule has 1 saturated heterocycles. The molecule has 1 aliphatic heterocycles. The van der Waals surface area contributed by atoms with Crippen LogP contribution in [0.1, 0.15) is 25.5 Å². The molecule has 0 bridgehead atoms. The predicted octanol–water partition coefficient (Wildman–Crippen LogP) is 3.74. The third kappa shape index (κ3) is 4.62. The van der Waals surface area contributed by atoms with Crippen molar-refractivity contribution in [2.24, 2.45) is 5.41 Å². The number of rotatable bonds is 5. The van der Waals surface area contributed by atoms with Crippen molar-refractivity contribution in [1.82, 2.24) is 10.2 Å². The van der Waals surface area contributed by atoms with Crippen LogP contribution in [0.5, 0.6) is 0 Å². The highest BCUT2D eigenvalue weighted by Gasteiger charge is 2.35. The van der Waals surface area contributed by atoms with Gasteiger partial charge in [0.1, 0.15) is 0 Å². The molecule has 2 aromatic rings. The number of aliphatic hydroxyl groups is 1. The molecule has 2 N–H and O–H groups in total. The zero-order valence-electron chi connectivity index (χ0n) is 15.1. The molecule has 1 heterocycles. The molecule has 4 heteroatoms. The van der Waals surface area contributed by atoms with Crippen LogP contribution in [0, 0.1) is 5.41 Å². The first kappa shape index (κ1) is 19.9. The number of halogens is 1. The van der Waals surface area contributed by atoms with E-state index < -0.39 is 0 Å². The van der Waals surface area contributed by atoms with Gasteiger partial charge >= 0.3 is 0 Å². The Labute approximate surface area is 157 Å². The Morgan fingerprint density at radius 2 is 1.52 bits per heavy atom. The highest BCUT2D eigenvalue weighted by Crippen LogP contribution is 2.38.